The molecule has 1 atom stereocenters. The second-order valence-electron chi connectivity index (χ2n) is 7.41. The zero-order valence-electron chi connectivity index (χ0n) is 15.0. The maximum Gasteiger partial charge on any atom is 0.290 e. The van der Waals surface area contributed by atoms with Crippen LogP contribution in [0.5, 0.6) is 5.75 Å². The number of benzene rings is 1. The summed E-state index contributed by atoms with van der Waals surface area (Å²) in [4.78, 5) is 26.3. The number of imide groups is 1. The van der Waals surface area contributed by atoms with Crippen LogP contribution in [0.3, 0.4) is 0 Å². The quantitative estimate of drug-likeness (QED) is 0.804. The van der Waals surface area contributed by atoms with Gasteiger partial charge in [0.15, 0.2) is 0 Å². The monoisotopic (exact) mass is 372 g/mol. The van der Waals surface area contributed by atoms with E-state index in [-0.39, 0.29) is 11.1 Å². The Bertz CT molecular complexity index is 757. The van der Waals surface area contributed by atoms with Crippen molar-refractivity contribution in [2.75, 3.05) is 18.0 Å². The van der Waals surface area contributed by atoms with Gasteiger partial charge >= 0.3 is 0 Å². The molecule has 2 aliphatic heterocycles. The summed E-state index contributed by atoms with van der Waals surface area (Å²) >= 11 is 0.962. The topological polar surface area (TPSA) is 58.6 Å². The molecule has 0 spiro atoms. The highest BCUT2D eigenvalue weighted by Gasteiger charge is 2.28. The first-order valence-corrected chi connectivity index (χ1v) is 10.2. The minimum Gasteiger partial charge on any atom is -0.488 e. The molecule has 1 aromatic rings. The largest absolute Gasteiger partial charge is 0.488 e. The molecule has 26 heavy (non-hydrogen) atoms. The van der Waals surface area contributed by atoms with Crippen molar-refractivity contribution in [1.82, 2.24) is 5.32 Å². The van der Waals surface area contributed by atoms with E-state index in [0.29, 0.717) is 16.9 Å². The van der Waals surface area contributed by atoms with Crippen LogP contribution in [-0.2, 0) is 4.79 Å². The molecular weight excluding hydrogens is 348 g/mol. The third kappa shape index (κ3) is 3.61. The number of nitrogens with one attached hydrogen (secondary N) is 1. The first-order chi connectivity index (χ1) is 12.6. The van der Waals surface area contributed by atoms with E-state index in [1.807, 2.05) is 24.3 Å². The molecule has 0 bridgehead atoms. The van der Waals surface area contributed by atoms with E-state index in [0.717, 1.165) is 61.1 Å². The predicted molar refractivity (Wildman–Crippen MR) is 104 cm³/mol. The Balaban J connectivity index is 1.72. The zero-order chi connectivity index (χ0) is 18.1. The van der Waals surface area contributed by atoms with Crippen LogP contribution in [0.25, 0.3) is 6.08 Å². The van der Waals surface area contributed by atoms with Gasteiger partial charge in [0, 0.05) is 18.7 Å². The second-order valence-corrected chi connectivity index (χ2v) is 8.43. The van der Waals surface area contributed by atoms with Crippen molar-refractivity contribution in [3.8, 4) is 5.75 Å². The molecule has 3 aliphatic rings. The lowest BCUT2D eigenvalue weighted by Crippen LogP contribution is -2.35. The Morgan fingerprint density at radius 2 is 2.08 bits per heavy atom. The van der Waals surface area contributed by atoms with Gasteiger partial charge in [-0.1, -0.05) is 19.1 Å². The predicted octanol–water partition coefficient (Wildman–Crippen LogP) is 4.18. The zero-order valence-corrected chi connectivity index (χ0v) is 15.8. The van der Waals surface area contributed by atoms with Crippen LogP contribution >= 0.6 is 11.8 Å². The van der Waals surface area contributed by atoms with Crippen molar-refractivity contribution in [2.45, 2.75) is 45.1 Å². The van der Waals surface area contributed by atoms with Gasteiger partial charge < -0.3 is 9.64 Å². The summed E-state index contributed by atoms with van der Waals surface area (Å²) in [5.41, 5.74) is 2.01. The smallest absolute Gasteiger partial charge is 0.290 e. The van der Waals surface area contributed by atoms with Crippen LogP contribution in [0.15, 0.2) is 23.1 Å². The highest BCUT2D eigenvalue weighted by atomic mass is 32.2. The number of carbonyl (C=O) groups excluding carboxylic acids is 2. The molecule has 1 aliphatic carbocycles. The average Bonchev–Trinajstić information content (AvgIpc) is 2.88. The Hall–Kier alpha value is -1.95. The highest BCUT2D eigenvalue weighted by molar-refractivity contribution is 8.18. The molecule has 0 aromatic heterocycles. The van der Waals surface area contributed by atoms with Gasteiger partial charge in [-0.15, -0.1) is 0 Å². The molecule has 1 saturated carbocycles. The van der Waals surface area contributed by atoms with Gasteiger partial charge in [0.05, 0.1) is 16.7 Å². The molecule has 0 radical (unpaired) electrons. The second kappa shape index (κ2) is 7.35. The van der Waals surface area contributed by atoms with E-state index in [1.165, 1.54) is 12.8 Å². The van der Waals surface area contributed by atoms with Crippen LogP contribution in [0.1, 0.15) is 44.6 Å². The van der Waals surface area contributed by atoms with E-state index >= 15 is 0 Å². The van der Waals surface area contributed by atoms with Crippen molar-refractivity contribution in [3.05, 3.63) is 28.7 Å². The van der Waals surface area contributed by atoms with Crippen molar-refractivity contribution in [1.29, 1.82) is 0 Å². The first kappa shape index (κ1) is 17.5. The summed E-state index contributed by atoms with van der Waals surface area (Å²) in [6.45, 7) is 4.25. The fraction of sp³-hybridized carbons (Fsp3) is 0.500. The number of piperidine rings is 1. The van der Waals surface area contributed by atoms with E-state index < -0.39 is 0 Å². The number of thioether (sulfide) groups is 1. The number of nitrogens with zero attached hydrogens (tertiary/aromatic N) is 1. The van der Waals surface area contributed by atoms with Gasteiger partial charge in [0.25, 0.3) is 11.1 Å². The SMILES string of the molecule is C[C@@H]1CCCN(c2c(/C=C3\SC(=O)NC3=O)cccc2OC2CCC2)C1. The standard InChI is InChI=1S/C20H24N2O3S/c1-13-5-4-10-22(12-13)18-14(11-17-19(23)21-20(24)26-17)6-2-9-16(18)25-15-7-3-8-15/h2,6,9,11,13,15H,3-5,7-8,10,12H2,1H3,(H,21,23,24)/b17-11-/t13-/m1/s1. The van der Waals surface area contributed by atoms with E-state index in [4.69, 9.17) is 4.74 Å². The van der Waals surface area contributed by atoms with E-state index in [9.17, 15) is 9.59 Å². The first-order valence-electron chi connectivity index (χ1n) is 9.39. The van der Waals surface area contributed by atoms with Gasteiger partial charge in [-0.25, -0.2) is 0 Å². The van der Waals surface area contributed by atoms with Gasteiger partial charge in [0.2, 0.25) is 0 Å². The summed E-state index contributed by atoms with van der Waals surface area (Å²) in [5.74, 6) is 1.21. The number of anilines is 1. The summed E-state index contributed by atoms with van der Waals surface area (Å²) in [7, 11) is 0. The molecule has 1 N–H and O–H groups in total. The van der Waals surface area contributed by atoms with Crippen LogP contribution in [0.4, 0.5) is 10.5 Å². The van der Waals surface area contributed by atoms with Crippen LogP contribution < -0.4 is 15.0 Å². The number of carbonyl (C=O) groups is 2. The number of para-hydroxylation sites is 1. The molecule has 2 heterocycles. The minimum absolute atomic E-state index is 0.296. The number of hydrogen-bond donors (Lipinski definition) is 1. The Morgan fingerprint density at radius 3 is 2.73 bits per heavy atom. The highest BCUT2D eigenvalue weighted by Crippen LogP contribution is 2.40. The lowest BCUT2D eigenvalue weighted by Gasteiger charge is -2.36. The van der Waals surface area contributed by atoms with Crippen LogP contribution in [0, 0.1) is 5.92 Å². The van der Waals surface area contributed by atoms with Crippen LogP contribution in [-0.4, -0.2) is 30.3 Å². The maximum atomic E-state index is 12.0. The van der Waals surface area contributed by atoms with Crippen molar-refractivity contribution in [3.63, 3.8) is 0 Å². The fourth-order valence-electron chi connectivity index (χ4n) is 3.71. The van der Waals surface area contributed by atoms with Crippen molar-refractivity contribution >= 4 is 34.7 Å². The fourth-order valence-corrected chi connectivity index (χ4v) is 4.39. The molecule has 5 nitrogen and oxygen atoms in total. The molecular formula is C20H24N2O3S. The van der Waals surface area contributed by atoms with E-state index in [2.05, 4.69) is 17.1 Å². The molecule has 3 fully saturated rings. The van der Waals surface area contributed by atoms with Gasteiger partial charge in [-0.3, -0.25) is 14.9 Å². The van der Waals surface area contributed by atoms with Gasteiger partial charge in [-0.2, -0.15) is 0 Å². The minimum atomic E-state index is -0.316. The number of ether oxygens (including phenoxy) is 1. The Labute approximate surface area is 158 Å². The Kier molecular flexibility index (Phi) is 4.94. The number of rotatable bonds is 4. The molecule has 6 heteroatoms. The number of hydrogen-bond acceptors (Lipinski definition) is 5. The normalized spacial score (nSPS) is 25.3. The van der Waals surface area contributed by atoms with Crippen molar-refractivity contribution in [2.24, 2.45) is 5.92 Å². The van der Waals surface area contributed by atoms with Crippen molar-refractivity contribution < 1.29 is 14.3 Å². The average molecular weight is 372 g/mol. The maximum absolute atomic E-state index is 12.0. The van der Waals surface area contributed by atoms with E-state index in [1.54, 1.807) is 0 Å². The van der Waals surface area contributed by atoms with Crippen LogP contribution in [0.2, 0.25) is 0 Å². The summed E-state index contributed by atoms with van der Waals surface area (Å²) in [6, 6.07) is 6.00. The third-order valence-electron chi connectivity index (χ3n) is 5.28. The van der Waals surface area contributed by atoms with Gasteiger partial charge in [0.1, 0.15) is 5.75 Å². The molecule has 0 unspecified atom stereocenters. The lowest BCUT2D eigenvalue weighted by atomic mass is 9.95. The Morgan fingerprint density at radius 1 is 1.23 bits per heavy atom. The molecule has 1 aromatic carbocycles. The number of amides is 2. The summed E-state index contributed by atoms with van der Waals surface area (Å²) < 4.78 is 6.28. The van der Waals surface area contributed by atoms with Gasteiger partial charge in [-0.05, 0) is 61.9 Å². The molecule has 138 valence electrons. The summed E-state index contributed by atoms with van der Waals surface area (Å²) in [6.07, 6.45) is 7.96. The molecule has 2 saturated heterocycles. The third-order valence-corrected chi connectivity index (χ3v) is 6.09. The molecule has 4 rings (SSSR count). The summed E-state index contributed by atoms with van der Waals surface area (Å²) in [5, 5.41) is 2.02. The lowest BCUT2D eigenvalue weighted by molar-refractivity contribution is -0.115. The molecule has 2 amide bonds.